The van der Waals surface area contributed by atoms with E-state index in [2.05, 4.69) is 19.3 Å². The molecule has 0 aromatic heterocycles. The third-order valence-electron chi connectivity index (χ3n) is 4.00. The SMILES string of the molecule is CC1(C)CC1C(Cc1cccc(C(F)(F)F)c1)NN. The first kappa shape index (κ1) is 14.3. The van der Waals surface area contributed by atoms with Gasteiger partial charge in [-0.05, 0) is 35.8 Å². The van der Waals surface area contributed by atoms with Crippen molar-refractivity contribution in [2.45, 2.75) is 38.9 Å². The van der Waals surface area contributed by atoms with Gasteiger partial charge in [-0.2, -0.15) is 13.2 Å². The van der Waals surface area contributed by atoms with Crippen molar-refractivity contribution in [3.8, 4) is 0 Å². The summed E-state index contributed by atoms with van der Waals surface area (Å²) >= 11 is 0. The van der Waals surface area contributed by atoms with Gasteiger partial charge in [0, 0.05) is 6.04 Å². The monoisotopic (exact) mass is 272 g/mol. The molecule has 2 nitrogen and oxygen atoms in total. The number of alkyl halides is 3. The number of hydrogen-bond donors (Lipinski definition) is 2. The second-order valence-electron chi connectivity index (χ2n) is 5.97. The molecule has 106 valence electrons. The fraction of sp³-hybridized carbons (Fsp3) is 0.571. The maximum Gasteiger partial charge on any atom is 0.416 e. The van der Waals surface area contributed by atoms with Crippen molar-refractivity contribution in [2.75, 3.05) is 0 Å². The molecule has 0 bridgehead atoms. The summed E-state index contributed by atoms with van der Waals surface area (Å²) in [5.74, 6) is 5.96. The molecule has 1 aliphatic carbocycles. The highest BCUT2D eigenvalue weighted by molar-refractivity contribution is 5.27. The molecule has 0 heterocycles. The number of halogens is 3. The van der Waals surface area contributed by atoms with Crippen LogP contribution >= 0.6 is 0 Å². The summed E-state index contributed by atoms with van der Waals surface area (Å²) in [6, 6.07) is 5.49. The second kappa shape index (κ2) is 4.80. The second-order valence-corrected chi connectivity index (χ2v) is 5.97. The van der Waals surface area contributed by atoms with Gasteiger partial charge in [0.25, 0.3) is 0 Å². The average Bonchev–Trinajstić information content (AvgIpc) is 2.94. The number of rotatable bonds is 4. The van der Waals surface area contributed by atoms with Crippen LogP contribution in [-0.2, 0) is 12.6 Å². The Bertz CT molecular complexity index is 454. The van der Waals surface area contributed by atoms with Crippen LogP contribution in [0.2, 0.25) is 0 Å². The molecule has 0 aliphatic heterocycles. The molecular weight excluding hydrogens is 253 g/mol. The summed E-state index contributed by atoms with van der Waals surface area (Å²) < 4.78 is 37.9. The normalized spacial score (nSPS) is 23.2. The molecule has 1 saturated carbocycles. The van der Waals surface area contributed by atoms with E-state index in [1.807, 2.05) is 0 Å². The van der Waals surface area contributed by atoms with Crippen molar-refractivity contribution in [3.63, 3.8) is 0 Å². The summed E-state index contributed by atoms with van der Waals surface area (Å²) in [7, 11) is 0. The molecular formula is C14H19F3N2. The van der Waals surface area contributed by atoms with Gasteiger partial charge in [-0.15, -0.1) is 0 Å². The van der Waals surface area contributed by atoms with Gasteiger partial charge < -0.3 is 0 Å². The van der Waals surface area contributed by atoms with Gasteiger partial charge in [0.1, 0.15) is 0 Å². The smallest absolute Gasteiger partial charge is 0.271 e. The van der Waals surface area contributed by atoms with Crippen molar-refractivity contribution in [1.29, 1.82) is 0 Å². The Morgan fingerprint density at radius 2 is 2.05 bits per heavy atom. The molecule has 1 aliphatic rings. The van der Waals surface area contributed by atoms with Gasteiger partial charge in [-0.1, -0.05) is 32.0 Å². The van der Waals surface area contributed by atoms with Crippen molar-refractivity contribution >= 4 is 0 Å². The summed E-state index contributed by atoms with van der Waals surface area (Å²) in [4.78, 5) is 0. The van der Waals surface area contributed by atoms with Crippen LogP contribution in [0.15, 0.2) is 24.3 Å². The van der Waals surface area contributed by atoms with Gasteiger partial charge in [0.2, 0.25) is 0 Å². The standard InChI is InChI=1S/C14H19F3N2/c1-13(2)8-11(13)12(19-18)7-9-4-3-5-10(6-9)14(15,16)17/h3-6,11-12,19H,7-8,18H2,1-2H3. The molecule has 0 amide bonds. The first-order valence-corrected chi connectivity index (χ1v) is 6.36. The van der Waals surface area contributed by atoms with E-state index in [4.69, 9.17) is 5.84 Å². The lowest BCUT2D eigenvalue weighted by molar-refractivity contribution is -0.137. The first-order valence-electron chi connectivity index (χ1n) is 6.36. The van der Waals surface area contributed by atoms with Gasteiger partial charge >= 0.3 is 6.18 Å². The molecule has 2 rings (SSSR count). The highest BCUT2D eigenvalue weighted by Gasteiger charge is 2.49. The Morgan fingerprint density at radius 3 is 2.53 bits per heavy atom. The van der Waals surface area contributed by atoms with Crippen LogP contribution in [0, 0.1) is 11.3 Å². The maximum absolute atomic E-state index is 12.6. The molecule has 1 aromatic carbocycles. The van der Waals surface area contributed by atoms with Crippen LogP contribution in [0.3, 0.4) is 0 Å². The number of hydrazine groups is 1. The van der Waals surface area contributed by atoms with E-state index in [-0.39, 0.29) is 11.5 Å². The number of hydrogen-bond acceptors (Lipinski definition) is 2. The molecule has 1 fully saturated rings. The van der Waals surface area contributed by atoms with Crippen molar-refractivity contribution in [2.24, 2.45) is 17.2 Å². The topological polar surface area (TPSA) is 38.0 Å². The Hall–Kier alpha value is -1.07. The fourth-order valence-electron chi connectivity index (χ4n) is 2.64. The summed E-state index contributed by atoms with van der Waals surface area (Å²) in [5.41, 5.74) is 3.05. The predicted molar refractivity (Wildman–Crippen MR) is 68.1 cm³/mol. The third-order valence-corrected chi connectivity index (χ3v) is 4.00. The zero-order chi connectivity index (χ0) is 14.3. The molecule has 19 heavy (non-hydrogen) atoms. The van der Waals surface area contributed by atoms with Gasteiger partial charge in [0.15, 0.2) is 0 Å². The van der Waals surface area contributed by atoms with Crippen LogP contribution in [0.25, 0.3) is 0 Å². The van der Waals surface area contributed by atoms with Crippen LogP contribution in [-0.4, -0.2) is 6.04 Å². The van der Waals surface area contributed by atoms with E-state index >= 15 is 0 Å². The summed E-state index contributed by atoms with van der Waals surface area (Å²) in [6.45, 7) is 4.29. The van der Waals surface area contributed by atoms with Crippen LogP contribution in [0.1, 0.15) is 31.4 Å². The molecule has 3 N–H and O–H groups in total. The Balaban J connectivity index is 2.10. The van der Waals surface area contributed by atoms with E-state index in [1.54, 1.807) is 6.07 Å². The fourth-order valence-corrected chi connectivity index (χ4v) is 2.64. The van der Waals surface area contributed by atoms with E-state index in [0.29, 0.717) is 17.9 Å². The van der Waals surface area contributed by atoms with Crippen molar-refractivity contribution < 1.29 is 13.2 Å². The third kappa shape index (κ3) is 3.28. The first-order chi connectivity index (χ1) is 8.74. The van der Waals surface area contributed by atoms with E-state index in [9.17, 15) is 13.2 Å². The zero-order valence-corrected chi connectivity index (χ0v) is 11.1. The lowest BCUT2D eigenvalue weighted by atomic mass is 9.97. The highest BCUT2D eigenvalue weighted by atomic mass is 19.4. The van der Waals surface area contributed by atoms with Gasteiger partial charge in [-0.3, -0.25) is 11.3 Å². The largest absolute Gasteiger partial charge is 0.416 e. The molecule has 2 atom stereocenters. The molecule has 0 radical (unpaired) electrons. The van der Waals surface area contributed by atoms with Crippen molar-refractivity contribution in [3.05, 3.63) is 35.4 Å². The van der Waals surface area contributed by atoms with Crippen LogP contribution < -0.4 is 11.3 Å². The van der Waals surface area contributed by atoms with Crippen molar-refractivity contribution in [1.82, 2.24) is 5.43 Å². The number of nitrogens with two attached hydrogens (primary N) is 1. The minimum atomic E-state index is -4.29. The molecule has 2 unspecified atom stereocenters. The quantitative estimate of drug-likeness (QED) is 0.653. The van der Waals surface area contributed by atoms with E-state index in [0.717, 1.165) is 12.5 Å². The molecule has 0 spiro atoms. The Morgan fingerprint density at radius 1 is 1.42 bits per heavy atom. The predicted octanol–water partition coefficient (Wildman–Crippen LogP) is 3.13. The number of nitrogens with one attached hydrogen (secondary N) is 1. The lowest BCUT2D eigenvalue weighted by Gasteiger charge is -2.18. The lowest BCUT2D eigenvalue weighted by Crippen LogP contribution is -2.39. The minimum Gasteiger partial charge on any atom is -0.271 e. The Labute approximate surface area is 111 Å². The zero-order valence-electron chi connectivity index (χ0n) is 11.1. The van der Waals surface area contributed by atoms with Gasteiger partial charge in [0.05, 0.1) is 5.56 Å². The molecule has 0 saturated heterocycles. The average molecular weight is 272 g/mol. The van der Waals surface area contributed by atoms with E-state index < -0.39 is 11.7 Å². The molecule has 1 aromatic rings. The summed E-state index contributed by atoms with van der Waals surface area (Å²) in [5, 5.41) is 0. The number of benzene rings is 1. The van der Waals surface area contributed by atoms with Crippen LogP contribution in [0.5, 0.6) is 0 Å². The van der Waals surface area contributed by atoms with Crippen LogP contribution in [0.4, 0.5) is 13.2 Å². The van der Waals surface area contributed by atoms with Gasteiger partial charge in [-0.25, -0.2) is 0 Å². The Kier molecular flexibility index (Phi) is 3.62. The minimum absolute atomic E-state index is 0.0264. The highest BCUT2D eigenvalue weighted by Crippen LogP contribution is 2.53. The molecule has 5 heteroatoms. The summed E-state index contributed by atoms with van der Waals surface area (Å²) in [6.07, 6.45) is -2.71. The van der Waals surface area contributed by atoms with E-state index in [1.165, 1.54) is 12.1 Å². The maximum atomic E-state index is 12.6.